The fourth-order valence-electron chi connectivity index (χ4n) is 2.19. The molecular weight excluding hydrogens is 217 g/mol. The van der Waals surface area contributed by atoms with Crippen molar-refractivity contribution in [1.29, 1.82) is 0 Å². The standard InChI is InChI=1S/C14H18FNO/c1-2-7-14(8-9-14)10-16-13(17)11-3-5-12(15)6-4-11/h3-6H,2,7-10H2,1H3,(H,16,17). The third-order valence-corrected chi connectivity index (χ3v) is 3.47. The molecule has 2 rings (SSSR count). The highest BCUT2D eigenvalue weighted by atomic mass is 19.1. The van der Waals surface area contributed by atoms with Crippen LogP contribution in [-0.4, -0.2) is 12.5 Å². The Morgan fingerprint density at radius 1 is 1.35 bits per heavy atom. The van der Waals surface area contributed by atoms with Crippen LogP contribution < -0.4 is 5.32 Å². The number of carbonyl (C=O) groups is 1. The second kappa shape index (κ2) is 4.86. The molecule has 0 aromatic heterocycles. The minimum Gasteiger partial charge on any atom is -0.351 e. The maximum absolute atomic E-state index is 12.7. The maximum Gasteiger partial charge on any atom is 0.251 e. The summed E-state index contributed by atoms with van der Waals surface area (Å²) in [6, 6.07) is 5.66. The first-order chi connectivity index (χ1) is 8.15. The Balaban J connectivity index is 1.87. The van der Waals surface area contributed by atoms with Crippen LogP contribution in [0.2, 0.25) is 0 Å². The lowest BCUT2D eigenvalue weighted by Crippen LogP contribution is -2.30. The van der Waals surface area contributed by atoms with Crippen molar-refractivity contribution in [2.45, 2.75) is 32.6 Å². The molecule has 1 amide bonds. The molecule has 0 spiro atoms. The largest absolute Gasteiger partial charge is 0.351 e. The van der Waals surface area contributed by atoms with Crippen LogP contribution in [-0.2, 0) is 0 Å². The lowest BCUT2D eigenvalue weighted by molar-refractivity contribution is 0.0943. The quantitative estimate of drug-likeness (QED) is 0.834. The van der Waals surface area contributed by atoms with Gasteiger partial charge in [0.05, 0.1) is 0 Å². The highest BCUT2D eigenvalue weighted by Gasteiger charge is 2.41. The summed E-state index contributed by atoms with van der Waals surface area (Å²) in [6.45, 7) is 2.92. The van der Waals surface area contributed by atoms with Gasteiger partial charge >= 0.3 is 0 Å². The Morgan fingerprint density at radius 3 is 2.53 bits per heavy atom. The van der Waals surface area contributed by atoms with Crippen molar-refractivity contribution in [3.63, 3.8) is 0 Å². The van der Waals surface area contributed by atoms with Gasteiger partial charge in [0.2, 0.25) is 0 Å². The molecule has 0 unspecified atom stereocenters. The van der Waals surface area contributed by atoms with Crippen molar-refractivity contribution in [2.24, 2.45) is 5.41 Å². The van der Waals surface area contributed by atoms with E-state index in [9.17, 15) is 9.18 Å². The van der Waals surface area contributed by atoms with Crippen molar-refractivity contribution in [1.82, 2.24) is 5.32 Å². The summed E-state index contributed by atoms with van der Waals surface area (Å²) in [5.41, 5.74) is 0.878. The topological polar surface area (TPSA) is 29.1 Å². The van der Waals surface area contributed by atoms with Gasteiger partial charge in [0.25, 0.3) is 5.91 Å². The van der Waals surface area contributed by atoms with Crippen LogP contribution in [0, 0.1) is 11.2 Å². The molecule has 0 aliphatic heterocycles. The number of amides is 1. The number of rotatable bonds is 5. The van der Waals surface area contributed by atoms with E-state index in [1.165, 1.54) is 43.5 Å². The molecule has 1 fully saturated rings. The van der Waals surface area contributed by atoms with Crippen molar-refractivity contribution < 1.29 is 9.18 Å². The Morgan fingerprint density at radius 2 is 2.00 bits per heavy atom. The molecule has 1 aromatic rings. The first-order valence-electron chi connectivity index (χ1n) is 6.19. The summed E-state index contributed by atoms with van der Waals surface area (Å²) in [7, 11) is 0. The van der Waals surface area contributed by atoms with Gasteiger partial charge in [-0.15, -0.1) is 0 Å². The monoisotopic (exact) mass is 235 g/mol. The Kier molecular flexibility index (Phi) is 3.46. The van der Waals surface area contributed by atoms with Crippen molar-refractivity contribution in [3.05, 3.63) is 35.6 Å². The molecular formula is C14H18FNO. The third kappa shape index (κ3) is 3.05. The van der Waals surface area contributed by atoms with Crippen molar-refractivity contribution in [2.75, 3.05) is 6.54 Å². The summed E-state index contributed by atoms with van der Waals surface area (Å²) in [4.78, 5) is 11.8. The van der Waals surface area contributed by atoms with Gasteiger partial charge in [-0.3, -0.25) is 4.79 Å². The van der Waals surface area contributed by atoms with Gasteiger partial charge in [0.1, 0.15) is 5.82 Å². The lowest BCUT2D eigenvalue weighted by atomic mass is 10.0. The number of halogens is 1. The summed E-state index contributed by atoms with van der Waals surface area (Å²) in [5, 5.41) is 2.94. The minimum absolute atomic E-state index is 0.104. The predicted molar refractivity (Wildman–Crippen MR) is 65.3 cm³/mol. The van der Waals surface area contributed by atoms with E-state index in [1.54, 1.807) is 0 Å². The van der Waals surface area contributed by atoms with Gasteiger partial charge in [0, 0.05) is 12.1 Å². The Bertz CT molecular complexity index is 395. The number of carbonyl (C=O) groups excluding carboxylic acids is 1. The van der Waals surface area contributed by atoms with Gasteiger partial charge in [-0.1, -0.05) is 13.3 Å². The molecule has 1 aliphatic carbocycles. The molecule has 0 heterocycles. The first kappa shape index (κ1) is 12.1. The second-order valence-corrected chi connectivity index (χ2v) is 4.94. The maximum atomic E-state index is 12.7. The van der Waals surface area contributed by atoms with E-state index < -0.39 is 0 Å². The van der Waals surface area contributed by atoms with E-state index in [0.717, 1.165) is 13.0 Å². The third-order valence-electron chi connectivity index (χ3n) is 3.47. The van der Waals surface area contributed by atoms with Crippen molar-refractivity contribution >= 4 is 5.91 Å². The molecule has 1 saturated carbocycles. The van der Waals surface area contributed by atoms with Crippen LogP contribution in [0.4, 0.5) is 4.39 Å². The number of hydrogen-bond acceptors (Lipinski definition) is 1. The number of nitrogens with one attached hydrogen (secondary N) is 1. The zero-order valence-electron chi connectivity index (χ0n) is 10.1. The summed E-state index contributed by atoms with van der Waals surface area (Å²) in [5.74, 6) is -0.418. The SMILES string of the molecule is CCCC1(CNC(=O)c2ccc(F)cc2)CC1. The molecule has 0 saturated heterocycles. The smallest absolute Gasteiger partial charge is 0.251 e. The molecule has 3 heteroatoms. The molecule has 0 radical (unpaired) electrons. The minimum atomic E-state index is -0.314. The van der Waals surface area contributed by atoms with Crippen LogP contribution in [0.3, 0.4) is 0 Å². The highest BCUT2D eigenvalue weighted by molar-refractivity contribution is 5.94. The van der Waals surface area contributed by atoms with E-state index >= 15 is 0 Å². The van der Waals surface area contributed by atoms with Gasteiger partial charge in [-0.05, 0) is 48.9 Å². The van der Waals surface area contributed by atoms with Crippen LogP contribution >= 0.6 is 0 Å². The Labute approximate surface area is 101 Å². The average Bonchev–Trinajstić information content (AvgIpc) is 3.08. The van der Waals surface area contributed by atoms with E-state index in [1.807, 2.05) is 0 Å². The van der Waals surface area contributed by atoms with Crippen LogP contribution in [0.25, 0.3) is 0 Å². The zero-order chi connectivity index (χ0) is 12.3. The van der Waals surface area contributed by atoms with Gasteiger partial charge in [0.15, 0.2) is 0 Å². The fourth-order valence-corrected chi connectivity index (χ4v) is 2.19. The molecule has 1 aliphatic rings. The van der Waals surface area contributed by atoms with E-state index in [-0.39, 0.29) is 11.7 Å². The molecule has 92 valence electrons. The molecule has 0 atom stereocenters. The van der Waals surface area contributed by atoms with Gasteiger partial charge in [-0.25, -0.2) is 4.39 Å². The molecule has 17 heavy (non-hydrogen) atoms. The summed E-state index contributed by atoms with van der Waals surface area (Å²) in [6.07, 6.45) is 4.76. The average molecular weight is 235 g/mol. The van der Waals surface area contributed by atoms with Crippen LogP contribution in [0.1, 0.15) is 43.0 Å². The molecule has 0 bridgehead atoms. The van der Waals surface area contributed by atoms with E-state index in [2.05, 4.69) is 12.2 Å². The zero-order valence-corrected chi connectivity index (χ0v) is 10.1. The first-order valence-corrected chi connectivity index (χ1v) is 6.19. The van der Waals surface area contributed by atoms with Crippen molar-refractivity contribution in [3.8, 4) is 0 Å². The van der Waals surface area contributed by atoms with E-state index in [4.69, 9.17) is 0 Å². The molecule has 1 N–H and O–H groups in total. The second-order valence-electron chi connectivity index (χ2n) is 4.94. The van der Waals surface area contributed by atoms with Crippen LogP contribution in [0.5, 0.6) is 0 Å². The normalized spacial score (nSPS) is 16.6. The molecule has 2 nitrogen and oxygen atoms in total. The number of hydrogen-bond donors (Lipinski definition) is 1. The summed E-state index contributed by atoms with van der Waals surface area (Å²) >= 11 is 0. The van der Waals surface area contributed by atoms with E-state index in [0.29, 0.717) is 11.0 Å². The van der Waals surface area contributed by atoms with Gasteiger partial charge < -0.3 is 5.32 Å². The lowest BCUT2D eigenvalue weighted by Gasteiger charge is -2.14. The molecule has 1 aromatic carbocycles. The number of benzene rings is 1. The Hall–Kier alpha value is -1.38. The van der Waals surface area contributed by atoms with Gasteiger partial charge in [-0.2, -0.15) is 0 Å². The summed E-state index contributed by atoms with van der Waals surface area (Å²) < 4.78 is 12.7. The fraction of sp³-hybridized carbons (Fsp3) is 0.500. The van der Waals surface area contributed by atoms with Crippen LogP contribution in [0.15, 0.2) is 24.3 Å². The predicted octanol–water partition coefficient (Wildman–Crippen LogP) is 3.14. The highest BCUT2D eigenvalue weighted by Crippen LogP contribution is 2.48.